The second-order valence-electron chi connectivity index (χ2n) is 6.45. The van der Waals surface area contributed by atoms with Crippen molar-refractivity contribution >= 4 is 16.0 Å². The van der Waals surface area contributed by atoms with Crippen molar-refractivity contribution in [2.24, 2.45) is 10.9 Å². The van der Waals surface area contributed by atoms with Gasteiger partial charge in [-0.05, 0) is 37.3 Å². The molecule has 1 heterocycles. The zero-order valence-electron chi connectivity index (χ0n) is 15.6. The fourth-order valence-electron chi connectivity index (χ4n) is 2.94. The molecule has 0 saturated carbocycles. The largest absolute Gasteiger partial charge is 0.381 e. The summed E-state index contributed by atoms with van der Waals surface area (Å²) in [7, 11) is 0.275. The number of guanidine groups is 1. The average molecular weight is 383 g/mol. The van der Waals surface area contributed by atoms with Gasteiger partial charge in [0.15, 0.2) is 5.96 Å². The molecule has 7 nitrogen and oxygen atoms in total. The number of rotatable bonds is 8. The third-order valence-electron chi connectivity index (χ3n) is 4.54. The van der Waals surface area contributed by atoms with Crippen LogP contribution in [-0.4, -0.2) is 66.2 Å². The molecule has 1 aliphatic rings. The Hall–Kier alpha value is -1.64. The van der Waals surface area contributed by atoms with Crippen LogP contribution in [0.25, 0.3) is 0 Å². The van der Waals surface area contributed by atoms with E-state index >= 15 is 0 Å². The molecule has 26 heavy (non-hydrogen) atoms. The lowest BCUT2D eigenvalue weighted by Crippen LogP contribution is -2.43. The van der Waals surface area contributed by atoms with Crippen LogP contribution in [0.15, 0.2) is 40.2 Å². The minimum Gasteiger partial charge on any atom is -0.381 e. The van der Waals surface area contributed by atoms with Crippen molar-refractivity contribution in [3.63, 3.8) is 0 Å². The van der Waals surface area contributed by atoms with Crippen molar-refractivity contribution in [3.05, 3.63) is 30.3 Å². The van der Waals surface area contributed by atoms with E-state index in [1.807, 2.05) is 7.05 Å². The van der Waals surface area contributed by atoms with Crippen LogP contribution >= 0.6 is 0 Å². The summed E-state index contributed by atoms with van der Waals surface area (Å²) >= 11 is 0. The summed E-state index contributed by atoms with van der Waals surface area (Å²) in [6, 6.07) is 8.38. The highest BCUT2D eigenvalue weighted by Crippen LogP contribution is 2.18. The molecule has 0 amide bonds. The van der Waals surface area contributed by atoms with Gasteiger partial charge in [-0.1, -0.05) is 18.2 Å². The zero-order valence-corrected chi connectivity index (χ0v) is 16.5. The number of benzene rings is 1. The number of nitrogens with one attached hydrogen (secondary N) is 2. The van der Waals surface area contributed by atoms with Gasteiger partial charge >= 0.3 is 0 Å². The maximum Gasteiger partial charge on any atom is 0.240 e. The zero-order chi connectivity index (χ0) is 18.8. The number of sulfonamides is 1. The summed E-state index contributed by atoms with van der Waals surface area (Å²) in [5, 5.41) is 3.21. The smallest absolute Gasteiger partial charge is 0.240 e. The SMILES string of the molecule is CN=C(NCCNS(=O)(=O)c1ccccc1)N(C)CCC1CCOCC1. The highest BCUT2D eigenvalue weighted by atomic mass is 32.2. The Labute approximate surface area is 156 Å². The van der Waals surface area contributed by atoms with Gasteiger partial charge < -0.3 is 15.0 Å². The van der Waals surface area contributed by atoms with Crippen LogP contribution in [0.5, 0.6) is 0 Å². The van der Waals surface area contributed by atoms with Crippen molar-refractivity contribution in [2.75, 3.05) is 46.9 Å². The molecule has 1 saturated heterocycles. The lowest BCUT2D eigenvalue weighted by Gasteiger charge is -2.26. The summed E-state index contributed by atoms with van der Waals surface area (Å²) in [6.07, 6.45) is 3.36. The summed E-state index contributed by atoms with van der Waals surface area (Å²) in [4.78, 5) is 6.63. The van der Waals surface area contributed by atoms with Crippen molar-refractivity contribution in [3.8, 4) is 0 Å². The van der Waals surface area contributed by atoms with Crippen molar-refractivity contribution < 1.29 is 13.2 Å². The number of ether oxygens (including phenoxy) is 1. The minimum absolute atomic E-state index is 0.276. The molecule has 1 fully saturated rings. The maximum absolute atomic E-state index is 12.2. The quantitative estimate of drug-likeness (QED) is 0.402. The summed E-state index contributed by atoms with van der Waals surface area (Å²) < 4.78 is 32.3. The predicted molar refractivity (Wildman–Crippen MR) is 104 cm³/mol. The number of hydrogen-bond acceptors (Lipinski definition) is 4. The molecule has 0 radical (unpaired) electrons. The molecular formula is C18H30N4O3S. The molecule has 2 rings (SSSR count). The van der Waals surface area contributed by atoms with E-state index in [0.717, 1.165) is 45.0 Å². The lowest BCUT2D eigenvalue weighted by molar-refractivity contribution is 0.0625. The summed E-state index contributed by atoms with van der Waals surface area (Å²) in [5.41, 5.74) is 0. The molecule has 0 bridgehead atoms. The minimum atomic E-state index is -3.47. The Balaban J connectivity index is 1.71. The predicted octanol–water partition coefficient (Wildman–Crippen LogP) is 1.29. The highest BCUT2D eigenvalue weighted by Gasteiger charge is 2.16. The van der Waals surface area contributed by atoms with Crippen molar-refractivity contribution in [1.82, 2.24) is 14.9 Å². The molecule has 1 aromatic rings. The second-order valence-corrected chi connectivity index (χ2v) is 8.22. The van der Waals surface area contributed by atoms with Gasteiger partial charge in [0.1, 0.15) is 0 Å². The Morgan fingerprint density at radius 1 is 1.23 bits per heavy atom. The molecule has 1 aromatic carbocycles. The topological polar surface area (TPSA) is 83.0 Å². The van der Waals surface area contributed by atoms with E-state index < -0.39 is 10.0 Å². The van der Waals surface area contributed by atoms with E-state index in [1.165, 1.54) is 0 Å². The van der Waals surface area contributed by atoms with E-state index in [-0.39, 0.29) is 4.90 Å². The Kier molecular flexibility index (Phi) is 8.34. The van der Waals surface area contributed by atoms with Gasteiger partial charge in [-0.3, -0.25) is 4.99 Å². The monoisotopic (exact) mass is 382 g/mol. The van der Waals surface area contributed by atoms with Gasteiger partial charge in [-0.15, -0.1) is 0 Å². The standard InChI is InChI=1S/C18H30N4O3S/c1-19-18(22(2)13-8-16-9-14-25-15-10-16)20-11-12-21-26(23,24)17-6-4-3-5-7-17/h3-7,16,21H,8-15H2,1-2H3,(H,19,20). The first-order valence-electron chi connectivity index (χ1n) is 9.07. The van der Waals surface area contributed by atoms with Gasteiger partial charge in [0.05, 0.1) is 4.90 Å². The Morgan fingerprint density at radius 3 is 2.58 bits per heavy atom. The Morgan fingerprint density at radius 2 is 1.92 bits per heavy atom. The second kappa shape index (κ2) is 10.5. The first-order valence-corrected chi connectivity index (χ1v) is 10.6. The van der Waals surface area contributed by atoms with Crippen LogP contribution < -0.4 is 10.0 Å². The van der Waals surface area contributed by atoms with Crippen LogP contribution in [0.4, 0.5) is 0 Å². The molecule has 0 unspecified atom stereocenters. The van der Waals surface area contributed by atoms with Crippen LogP contribution in [-0.2, 0) is 14.8 Å². The molecule has 8 heteroatoms. The molecule has 0 atom stereocenters. The van der Waals surface area contributed by atoms with Crippen LogP contribution in [0.1, 0.15) is 19.3 Å². The maximum atomic E-state index is 12.2. The fourth-order valence-corrected chi connectivity index (χ4v) is 4.00. The number of aliphatic imine (C=N–C) groups is 1. The average Bonchev–Trinajstić information content (AvgIpc) is 2.67. The van der Waals surface area contributed by atoms with Gasteiger partial charge in [-0.2, -0.15) is 0 Å². The van der Waals surface area contributed by atoms with E-state index in [4.69, 9.17) is 4.74 Å². The van der Waals surface area contributed by atoms with Crippen LogP contribution in [0.2, 0.25) is 0 Å². The molecular weight excluding hydrogens is 352 g/mol. The molecule has 1 aliphatic heterocycles. The molecule has 146 valence electrons. The normalized spacial score (nSPS) is 16.5. The van der Waals surface area contributed by atoms with Crippen LogP contribution in [0.3, 0.4) is 0 Å². The van der Waals surface area contributed by atoms with Crippen molar-refractivity contribution in [2.45, 2.75) is 24.2 Å². The molecule has 0 aliphatic carbocycles. The van der Waals surface area contributed by atoms with E-state index in [9.17, 15) is 8.42 Å². The highest BCUT2D eigenvalue weighted by molar-refractivity contribution is 7.89. The lowest BCUT2D eigenvalue weighted by atomic mass is 9.96. The third-order valence-corrected chi connectivity index (χ3v) is 6.02. The third kappa shape index (κ3) is 6.59. The summed E-state index contributed by atoms with van der Waals surface area (Å²) in [5.74, 6) is 1.48. The van der Waals surface area contributed by atoms with Crippen LogP contribution in [0, 0.1) is 5.92 Å². The van der Waals surface area contributed by atoms with E-state index in [2.05, 4.69) is 19.9 Å². The van der Waals surface area contributed by atoms with Gasteiger partial charge in [0.25, 0.3) is 0 Å². The van der Waals surface area contributed by atoms with E-state index in [0.29, 0.717) is 19.0 Å². The number of nitrogens with zero attached hydrogens (tertiary/aromatic N) is 2. The fraction of sp³-hybridized carbons (Fsp3) is 0.611. The number of hydrogen-bond donors (Lipinski definition) is 2. The van der Waals surface area contributed by atoms with Gasteiger partial charge in [0.2, 0.25) is 10.0 Å². The van der Waals surface area contributed by atoms with E-state index in [1.54, 1.807) is 37.4 Å². The Bertz CT molecular complexity index is 658. The summed E-state index contributed by atoms with van der Waals surface area (Å²) in [6.45, 7) is 3.41. The first-order chi connectivity index (χ1) is 12.5. The van der Waals surface area contributed by atoms with Gasteiger partial charge in [0, 0.05) is 46.9 Å². The molecule has 0 spiro atoms. The van der Waals surface area contributed by atoms with Gasteiger partial charge in [-0.25, -0.2) is 13.1 Å². The molecule has 0 aromatic heterocycles. The van der Waals surface area contributed by atoms with Crippen molar-refractivity contribution in [1.29, 1.82) is 0 Å². The first kappa shape index (κ1) is 20.7. The molecule has 2 N–H and O–H groups in total.